The Morgan fingerprint density at radius 2 is 1.24 bits per heavy atom. The van der Waals surface area contributed by atoms with Gasteiger partial charge < -0.3 is 0 Å². The molecule has 0 radical (unpaired) electrons. The molecule has 2 N–H and O–H groups in total. The Morgan fingerprint density at radius 3 is 1.66 bits per heavy atom. The number of alkyl halides is 1. The summed E-state index contributed by atoms with van der Waals surface area (Å²) in [4.78, 5) is 12.3. The van der Waals surface area contributed by atoms with Crippen molar-refractivity contribution in [3.8, 4) is 0 Å². The quantitative estimate of drug-likeness (QED) is 0.216. The number of hydrogen-bond acceptors (Lipinski definition) is 3. The zero-order valence-corrected chi connectivity index (χ0v) is 19.4. The van der Waals surface area contributed by atoms with E-state index in [1.807, 2.05) is 0 Å². The van der Waals surface area contributed by atoms with Gasteiger partial charge in [0.1, 0.15) is 5.38 Å². The lowest BCUT2D eigenvalue weighted by Gasteiger charge is -2.09. The zero-order chi connectivity index (χ0) is 21.5. The van der Waals surface area contributed by atoms with Crippen LogP contribution < -0.4 is 5.14 Å². The van der Waals surface area contributed by atoms with E-state index >= 15 is 0 Å². The fourth-order valence-electron chi connectivity index (χ4n) is 3.46. The second-order valence-corrected chi connectivity index (χ2v) is 9.93. The fourth-order valence-corrected chi connectivity index (χ4v) is 4.23. The number of nitrogens with two attached hydrogens (primary N) is 1. The van der Waals surface area contributed by atoms with Crippen molar-refractivity contribution in [3.05, 3.63) is 29.8 Å². The van der Waals surface area contributed by atoms with E-state index in [0.717, 1.165) is 12.8 Å². The number of Topliss-reactive ketones (excluding diaryl/α,β-unsaturated/α-hetero) is 1. The van der Waals surface area contributed by atoms with Gasteiger partial charge in [0.25, 0.3) is 0 Å². The highest BCUT2D eigenvalue weighted by Crippen LogP contribution is 2.25. The Kier molecular flexibility index (Phi) is 13.5. The van der Waals surface area contributed by atoms with Crippen molar-refractivity contribution in [2.24, 2.45) is 5.14 Å². The largest absolute Gasteiger partial charge is 0.298 e. The monoisotopic (exact) mass is 443 g/mol. The van der Waals surface area contributed by atoms with Crippen LogP contribution in [0, 0.1) is 0 Å². The van der Waals surface area contributed by atoms with Crippen molar-refractivity contribution < 1.29 is 13.2 Å². The number of unbranched alkanes of at least 4 members (excludes halogenated alkanes) is 12. The minimum Gasteiger partial charge on any atom is -0.298 e. The van der Waals surface area contributed by atoms with Crippen LogP contribution >= 0.6 is 11.6 Å². The molecular formula is C23H38ClNO3S. The molecule has 29 heavy (non-hydrogen) atoms. The Hall–Kier alpha value is -0.910. The number of benzene rings is 1. The average Bonchev–Trinajstić information content (AvgIpc) is 2.70. The highest BCUT2D eigenvalue weighted by atomic mass is 35.5. The maximum Gasteiger partial charge on any atom is 0.238 e. The summed E-state index contributed by atoms with van der Waals surface area (Å²) in [5, 5.41) is 4.34. The van der Waals surface area contributed by atoms with Gasteiger partial charge in [-0.1, -0.05) is 96.1 Å². The lowest BCUT2D eigenvalue weighted by molar-refractivity contribution is -0.118. The van der Waals surface area contributed by atoms with Gasteiger partial charge in [0.05, 0.1) is 4.90 Å². The van der Waals surface area contributed by atoms with Crippen molar-refractivity contribution in [1.82, 2.24) is 0 Å². The second kappa shape index (κ2) is 15.0. The normalized spacial score (nSPS) is 12.8. The number of ketones is 1. The molecule has 0 amide bonds. The van der Waals surface area contributed by atoms with Crippen molar-refractivity contribution in [2.75, 3.05) is 0 Å². The summed E-state index contributed by atoms with van der Waals surface area (Å²) in [5.41, 5.74) is 0.610. The van der Waals surface area contributed by atoms with Gasteiger partial charge in [0, 0.05) is 6.42 Å². The molecule has 1 aromatic rings. The zero-order valence-electron chi connectivity index (χ0n) is 17.9. The third-order valence-electron chi connectivity index (χ3n) is 5.31. The molecule has 166 valence electrons. The highest BCUT2D eigenvalue weighted by Gasteiger charge is 2.18. The van der Waals surface area contributed by atoms with Gasteiger partial charge in [-0.05, 0) is 24.1 Å². The van der Waals surface area contributed by atoms with Crippen LogP contribution in [0.5, 0.6) is 0 Å². The molecule has 4 nitrogen and oxygen atoms in total. The van der Waals surface area contributed by atoms with E-state index < -0.39 is 15.4 Å². The Labute approximate surface area is 182 Å². The standard InChI is InChI=1S/C23H38ClNO3S/c1-2-3-4-5-6-7-8-9-10-11-12-13-14-15-22(26)23(24)20-16-18-21(19-17-20)29(25,27)28/h16-19,23H,2-15H2,1H3,(H2,25,27,28). The first-order valence-corrected chi connectivity index (χ1v) is 13.1. The third-order valence-corrected chi connectivity index (χ3v) is 6.74. The number of halogens is 1. The smallest absolute Gasteiger partial charge is 0.238 e. The second-order valence-electron chi connectivity index (χ2n) is 7.94. The summed E-state index contributed by atoms with van der Waals surface area (Å²) in [6.45, 7) is 2.25. The van der Waals surface area contributed by atoms with Crippen LogP contribution in [-0.2, 0) is 14.8 Å². The number of primary sulfonamides is 1. The average molecular weight is 444 g/mol. The predicted octanol–water partition coefficient (Wildman–Crippen LogP) is 6.66. The molecule has 0 fully saturated rings. The van der Waals surface area contributed by atoms with Crippen LogP contribution in [0.2, 0.25) is 0 Å². The van der Waals surface area contributed by atoms with E-state index in [-0.39, 0.29) is 10.7 Å². The molecule has 0 aliphatic heterocycles. The molecule has 1 aromatic carbocycles. The Morgan fingerprint density at radius 1 is 0.828 bits per heavy atom. The maximum atomic E-state index is 12.3. The minimum absolute atomic E-state index is 0.0157. The first-order valence-electron chi connectivity index (χ1n) is 11.2. The molecule has 0 saturated carbocycles. The number of hydrogen-bond donors (Lipinski definition) is 1. The summed E-state index contributed by atoms with van der Waals surface area (Å²) >= 11 is 6.24. The summed E-state index contributed by atoms with van der Waals surface area (Å²) < 4.78 is 22.6. The Bertz CT molecular complexity index is 674. The third kappa shape index (κ3) is 11.8. The predicted molar refractivity (Wildman–Crippen MR) is 122 cm³/mol. The van der Waals surface area contributed by atoms with Crippen molar-refractivity contribution in [3.63, 3.8) is 0 Å². The van der Waals surface area contributed by atoms with Crippen LogP contribution in [-0.4, -0.2) is 14.2 Å². The molecule has 0 aliphatic rings. The highest BCUT2D eigenvalue weighted by molar-refractivity contribution is 7.89. The van der Waals surface area contributed by atoms with E-state index in [2.05, 4.69) is 6.92 Å². The number of carbonyl (C=O) groups excluding carboxylic acids is 1. The number of sulfonamides is 1. The molecule has 0 bridgehead atoms. The van der Waals surface area contributed by atoms with E-state index in [1.54, 1.807) is 12.1 Å². The fraction of sp³-hybridized carbons (Fsp3) is 0.696. The van der Waals surface area contributed by atoms with E-state index in [4.69, 9.17) is 16.7 Å². The van der Waals surface area contributed by atoms with Gasteiger partial charge in [0.15, 0.2) is 5.78 Å². The van der Waals surface area contributed by atoms with Gasteiger partial charge in [-0.2, -0.15) is 0 Å². The molecule has 0 aliphatic carbocycles. The first-order chi connectivity index (χ1) is 13.9. The molecule has 6 heteroatoms. The minimum atomic E-state index is -3.73. The summed E-state index contributed by atoms with van der Waals surface area (Å²) in [6.07, 6.45) is 16.9. The molecule has 0 aromatic heterocycles. The number of rotatable bonds is 17. The van der Waals surface area contributed by atoms with Gasteiger partial charge >= 0.3 is 0 Å². The lowest BCUT2D eigenvalue weighted by Crippen LogP contribution is -2.12. The van der Waals surface area contributed by atoms with E-state index in [9.17, 15) is 13.2 Å². The van der Waals surface area contributed by atoms with E-state index in [1.165, 1.54) is 82.8 Å². The van der Waals surface area contributed by atoms with E-state index in [0.29, 0.717) is 12.0 Å². The van der Waals surface area contributed by atoms with Gasteiger partial charge in [0.2, 0.25) is 10.0 Å². The van der Waals surface area contributed by atoms with Crippen LogP contribution in [0.15, 0.2) is 29.2 Å². The van der Waals surface area contributed by atoms with Crippen LogP contribution in [0.1, 0.15) is 108 Å². The molecular weight excluding hydrogens is 406 g/mol. The van der Waals surface area contributed by atoms with Crippen molar-refractivity contribution >= 4 is 27.4 Å². The van der Waals surface area contributed by atoms with Gasteiger partial charge in [-0.15, -0.1) is 11.6 Å². The van der Waals surface area contributed by atoms with Crippen LogP contribution in [0.25, 0.3) is 0 Å². The Balaban J connectivity index is 2.07. The molecule has 1 atom stereocenters. The SMILES string of the molecule is CCCCCCCCCCCCCCCC(=O)C(Cl)c1ccc(S(N)(=O)=O)cc1. The maximum absolute atomic E-state index is 12.3. The van der Waals surface area contributed by atoms with Gasteiger partial charge in [-0.25, -0.2) is 13.6 Å². The summed E-state index contributed by atoms with van der Waals surface area (Å²) in [5.74, 6) is -0.0157. The van der Waals surface area contributed by atoms with Crippen molar-refractivity contribution in [2.45, 2.75) is 107 Å². The molecule has 0 heterocycles. The van der Waals surface area contributed by atoms with Crippen LogP contribution in [0.4, 0.5) is 0 Å². The summed E-state index contributed by atoms with van der Waals surface area (Å²) in [7, 11) is -3.73. The number of carbonyl (C=O) groups is 1. The first kappa shape index (κ1) is 26.1. The molecule has 1 rings (SSSR count). The topological polar surface area (TPSA) is 77.2 Å². The molecule has 0 saturated heterocycles. The van der Waals surface area contributed by atoms with Crippen molar-refractivity contribution in [1.29, 1.82) is 0 Å². The van der Waals surface area contributed by atoms with Gasteiger partial charge in [-0.3, -0.25) is 4.79 Å². The summed E-state index contributed by atoms with van der Waals surface area (Å²) in [6, 6.07) is 5.88. The van der Waals surface area contributed by atoms with Crippen LogP contribution in [0.3, 0.4) is 0 Å². The molecule has 0 spiro atoms. The molecule has 1 unspecified atom stereocenters. The lowest BCUT2D eigenvalue weighted by atomic mass is 10.0.